The second-order valence-corrected chi connectivity index (χ2v) is 5.34. The van der Waals surface area contributed by atoms with Crippen LogP contribution in [0.2, 0.25) is 0 Å². The van der Waals surface area contributed by atoms with Crippen LogP contribution in [0.25, 0.3) is 0 Å². The van der Waals surface area contributed by atoms with Crippen LogP contribution in [0, 0.1) is 0 Å². The highest BCUT2D eigenvalue weighted by atomic mass is 32.1. The van der Waals surface area contributed by atoms with E-state index < -0.39 is 0 Å². The quantitative estimate of drug-likeness (QED) is 0.751. The van der Waals surface area contributed by atoms with Crippen LogP contribution in [-0.4, -0.2) is 12.6 Å². The summed E-state index contributed by atoms with van der Waals surface area (Å²) in [6, 6.07) is 10.8. The molecule has 0 aromatic carbocycles. The summed E-state index contributed by atoms with van der Waals surface area (Å²) in [4.78, 5) is 11.9. The van der Waals surface area contributed by atoms with Crippen LogP contribution >= 0.6 is 11.3 Å². The molecule has 3 rings (SSSR count). The maximum Gasteiger partial charge on any atom is 0.319 e. The lowest BCUT2D eigenvalue weighted by atomic mass is 10.0. The zero-order valence-electron chi connectivity index (χ0n) is 11.1. The number of anilines is 1. The van der Waals surface area contributed by atoms with Crippen molar-refractivity contribution in [3.05, 3.63) is 65.8 Å². The average molecular weight is 302 g/mol. The van der Waals surface area contributed by atoms with Crippen LogP contribution in [0.15, 0.2) is 63.1 Å². The highest BCUT2D eigenvalue weighted by Gasteiger charge is 2.20. The number of thiophene rings is 1. The van der Waals surface area contributed by atoms with Crippen LogP contribution in [0.3, 0.4) is 0 Å². The monoisotopic (exact) mass is 302 g/mol. The summed E-state index contributed by atoms with van der Waals surface area (Å²) in [5.74, 6) is 1.35. The number of carbonyl (C=O) groups excluding carboxylic acids is 1. The van der Waals surface area contributed by atoms with E-state index in [9.17, 15) is 4.79 Å². The molecule has 0 atom stereocenters. The topological polar surface area (TPSA) is 67.4 Å². The number of carbonyl (C=O) groups is 1. The minimum atomic E-state index is -0.249. The van der Waals surface area contributed by atoms with Crippen LogP contribution in [0.4, 0.5) is 9.80 Å². The Bertz CT molecular complexity index is 626. The molecule has 0 fully saturated rings. The van der Waals surface area contributed by atoms with Gasteiger partial charge in [0.25, 0.3) is 0 Å². The summed E-state index contributed by atoms with van der Waals surface area (Å²) < 4.78 is 10.9. The summed E-state index contributed by atoms with van der Waals surface area (Å²) in [6.45, 7) is 0.387. The molecule has 0 saturated heterocycles. The molecule has 0 aliphatic heterocycles. The molecular formula is C15H14N2O3S. The summed E-state index contributed by atoms with van der Waals surface area (Å²) in [5.41, 5.74) is 0. The Morgan fingerprint density at radius 2 is 1.81 bits per heavy atom. The Morgan fingerprint density at radius 3 is 2.33 bits per heavy atom. The van der Waals surface area contributed by atoms with Gasteiger partial charge in [-0.25, -0.2) is 4.79 Å². The van der Waals surface area contributed by atoms with Gasteiger partial charge in [-0.1, -0.05) is 0 Å². The molecule has 3 aromatic rings. The van der Waals surface area contributed by atoms with Gasteiger partial charge < -0.3 is 14.2 Å². The lowest BCUT2D eigenvalue weighted by Gasteiger charge is -2.13. The first-order valence-electron chi connectivity index (χ1n) is 6.48. The third-order valence-electron chi connectivity index (χ3n) is 3.00. The number of hydrogen-bond acceptors (Lipinski definition) is 4. The molecule has 2 amide bonds. The number of furan rings is 2. The van der Waals surface area contributed by atoms with Gasteiger partial charge in [-0.05, 0) is 41.8 Å². The smallest absolute Gasteiger partial charge is 0.319 e. The summed E-state index contributed by atoms with van der Waals surface area (Å²) in [7, 11) is 0. The van der Waals surface area contributed by atoms with Crippen molar-refractivity contribution in [3.8, 4) is 0 Å². The summed E-state index contributed by atoms with van der Waals surface area (Å²) >= 11 is 1.47. The van der Waals surface area contributed by atoms with E-state index in [0.717, 1.165) is 16.5 Å². The second-order valence-electron chi connectivity index (χ2n) is 4.40. The summed E-state index contributed by atoms with van der Waals surface area (Å²) in [6.07, 6.45) is 3.22. The van der Waals surface area contributed by atoms with E-state index >= 15 is 0 Å². The van der Waals surface area contributed by atoms with E-state index in [1.807, 2.05) is 41.8 Å². The molecule has 3 aromatic heterocycles. The number of rotatable bonds is 5. The first kappa shape index (κ1) is 13.5. The fourth-order valence-corrected chi connectivity index (χ4v) is 2.63. The van der Waals surface area contributed by atoms with Gasteiger partial charge in [-0.15, -0.1) is 11.3 Å². The zero-order valence-corrected chi connectivity index (χ0v) is 11.9. The van der Waals surface area contributed by atoms with Gasteiger partial charge in [0, 0.05) is 6.54 Å². The zero-order chi connectivity index (χ0) is 14.5. The van der Waals surface area contributed by atoms with Gasteiger partial charge in [0.1, 0.15) is 11.5 Å². The molecule has 6 heteroatoms. The molecule has 0 aliphatic rings. The molecule has 5 nitrogen and oxygen atoms in total. The lowest BCUT2D eigenvalue weighted by molar-refractivity contribution is 0.251. The first-order chi connectivity index (χ1) is 10.3. The van der Waals surface area contributed by atoms with E-state index in [1.54, 1.807) is 12.5 Å². The van der Waals surface area contributed by atoms with E-state index in [2.05, 4.69) is 10.6 Å². The Balaban J connectivity index is 1.64. The van der Waals surface area contributed by atoms with Crippen molar-refractivity contribution < 1.29 is 13.6 Å². The molecule has 0 saturated carbocycles. The van der Waals surface area contributed by atoms with Crippen LogP contribution in [-0.2, 0) is 0 Å². The van der Waals surface area contributed by atoms with Gasteiger partial charge >= 0.3 is 6.03 Å². The first-order valence-corrected chi connectivity index (χ1v) is 7.36. The molecule has 21 heavy (non-hydrogen) atoms. The van der Waals surface area contributed by atoms with E-state index in [-0.39, 0.29) is 11.9 Å². The van der Waals surface area contributed by atoms with Crippen molar-refractivity contribution >= 4 is 22.4 Å². The van der Waals surface area contributed by atoms with Gasteiger partial charge in [0.05, 0.1) is 23.4 Å². The van der Waals surface area contributed by atoms with Crippen LogP contribution < -0.4 is 10.6 Å². The largest absolute Gasteiger partial charge is 0.469 e. The maximum atomic E-state index is 11.9. The van der Waals surface area contributed by atoms with Gasteiger partial charge in [0.15, 0.2) is 0 Å². The standard InChI is InChI=1S/C15H14N2O3S/c18-15(17-14-6-3-9-21-14)16-10-11(12-4-1-7-19-12)13-5-2-8-20-13/h1-9,11H,10H2,(H2,16,17,18). The van der Waals surface area contributed by atoms with Crippen molar-refractivity contribution in [2.75, 3.05) is 11.9 Å². The fraction of sp³-hybridized carbons (Fsp3) is 0.133. The molecular weight excluding hydrogens is 288 g/mol. The predicted octanol–water partition coefficient (Wildman–Crippen LogP) is 3.89. The number of urea groups is 1. The average Bonchev–Trinajstić information content (AvgIpc) is 3.23. The highest BCUT2D eigenvalue weighted by Crippen LogP contribution is 2.24. The van der Waals surface area contributed by atoms with Gasteiger partial charge in [-0.3, -0.25) is 5.32 Å². The highest BCUT2D eigenvalue weighted by molar-refractivity contribution is 7.14. The normalized spacial score (nSPS) is 10.7. The number of amides is 2. The molecule has 2 N–H and O–H groups in total. The third kappa shape index (κ3) is 3.35. The molecule has 0 aliphatic carbocycles. The Morgan fingerprint density at radius 1 is 1.10 bits per heavy atom. The fourth-order valence-electron chi connectivity index (χ4n) is 2.02. The van der Waals surface area contributed by atoms with Crippen molar-refractivity contribution in [1.29, 1.82) is 0 Å². The molecule has 0 bridgehead atoms. The predicted molar refractivity (Wildman–Crippen MR) is 80.6 cm³/mol. The Kier molecular flexibility index (Phi) is 4.07. The molecule has 0 unspecified atom stereocenters. The number of hydrogen-bond donors (Lipinski definition) is 2. The Labute approximate surface area is 125 Å². The second kappa shape index (κ2) is 6.32. The van der Waals surface area contributed by atoms with Gasteiger partial charge in [0.2, 0.25) is 0 Å². The minimum absolute atomic E-state index is 0.149. The van der Waals surface area contributed by atoms with E-state index in [1.165, 1.54) is 11.3 Å². The lowest BCUT2D eigenvalue weighted by Crippen LogP contribution is -2.32. The van der Waals surface area contributed by atoms with Crippen molar-refractivity contribution in [2.45, 2.75) is 5.92 Å². The molecule has 108 valence electrons. The third-order valence-corrected chi connectivity index (χ3v) is 3.78. The number of nitrogens with one attached hydrogen (secondary N) is 2. The molecule has 0 spiro atoms. The Hall–Kier alpha value is -2.47. The molecule has 3 heterocycles. The van der Waals surface area contributed by atoms with Gasteiger partial charge in [-0.2, -0.15) is 0 Å². The summed E-state index contributed by atoms with van der Waals surface area (Å²) in [5, 5.41) is 8.32. The van der Waals surface area contributed by atoms with E-state index in [0.29, 0.717) is 6.54 Å². The van der Waals surface area contributed by atoms with Crippen LogP contribution in [0.1, 0.15) is 17.4 Å². The maximum absolute atomic E-state index is 11.9. The SMILES string of the molecule is O=C(NCC(c1ccco1)c1ccco1)Nc1cccs1. The van der Waals surface area contributed by atoms with Crippen molar-refractivity contribution in [2.24, 2.45) is 0 Å². The van der Waals surface area contributed by atoms with E-state index in [4.69, 9.17) is 8.83 Å². The minimum Gasteiger partial charge on any atom is -0.469 e. The molecule has 0 radical (unpaired) electrons. The van der Waals surface area contributed by atoms with Crippen molar-refractivity contribution in [1.82, 2.24) is 5.32 Å². The van der Waals surface area contributed by atoms with Crippen molar-refractivity contribution in [3.63, 3.8) is 0 Å². The van der Waals surface area contributed by atoms with Crippen LogP contribution in [0.5, 0.6) is 0 Å².